The SMILES string of the molecule is Cc1cccc[n+]1CC(N)=S. The van der Waals surface area contributed by atoms with E-state index in [1.165, 1.54) is 5.69 Å². The van der Waals surface area contributed by atoms with E-state index < -0.39 is 0 Å². The first-order valence-corrected chi connectivity index (χ1v) is 3.84. The summed E-state index contributed by atoms with van der Waals surface area (Å²) in [6.07, 6.45) is 1.97. The van der Waals surface area contributed by atoms with Crippen molar-refractivity contribution in [3.8, 4) is 0 Å². The lowest BCUT2D eigenvalue weighted by molar-refractivity contribution is -0.687. The average molecular weight is 167 g/mol. The quantitative estimate of drug-likeness (QED) is 0.515. The molecule has 0 aromatic carbocycles. The van der Waals surface area contributed by atoms with E-state index in [-0.39, 0.29) is 0 Å². The minimum absolute atomic E-state index is 0.518. The highest BCUT2D eigenvalue weighted by Gasteiger charge is 2.03. The Morgan fingerprint density at radius 1 is 1.64 bits per heavy atom. The van der Waals surface area contributed by atoms with E-state index in [9.17, 15) is 0 Å². The Kier molecular flexibility index (Phi) is 2.54. The number of aryl methyl sites for hydroxylation is 1. The third kappa shape index (κ3) is 2.27. The predicted octanol–water partition coefficient (Wildman–Crippen LogP) is 0.569. The van der Waals surface area contributed by atoms with Crippen molar-refractivity contribution in [1.82, 2.24) is 0 Å². The fraction of sp³-hybridized carbons (Fsp3) is 0.250. The van der Waals surface area contributed by atoms with Crippen LogP contribution < -0.4 is 10.3 Å². The Balaban J connectivity index is 2.86. The van der Waals surface area contributed by atoms with E-state index in [1.807, 2.05) is 35.9 Å². The number of pyridine rings is 1. The Labute approximate surface area is 71.7 Å². The molecule has 0 saturated heterocycles. The van der Waals surface area contributed by atoms with Crippen molar-refractivity contribution >= 4 is 17.2 Å². The zero-order valence-electron chi connectivity index (χ0n) is 6.45. The van der Waals surface area contributed by atoms with E-state index in [2.05, 4.69) is 0 Å². The first-order valence-electron chi connectivity index (χ1n) is 3.43. The van der Waals surface area contributed by atoms with Gasteiger partial charge in [-0.05, 0) is 0 Å². The fourth-order valence-corrected chi connectivity index (χ4v) is 1.05. The van der Waals surface area contributed by atoms with E-state index in [1.54, 1.807) is 0 Å². The van der Waals surface area contributed by atoms with Gasteiger partial charge in [-0.1, -0.05) is 18.3 Å². The summed E-state index contributed by atoms with van der Waals surface area (Å²) in [6.45, 7) is 2.65. The third-order valence-corrected chi connectivity index (χ3v) is 1.62. The van der Waals surface area contributed by atoms with Gasteiger partial charge in [-0.3, -0.25) is 0 Å². The number of nitrogens with zero attached hydrogens (tertiary/aromatic N) is 1. The lowest BCUT2D eigenvalue weighted by Gasteiger charge is -1.96. The van der Waals surface area contributed by atoms with Crippen LogP contribution >= 0.6 is 12.2 Å². The van der Waals surface area contributed by atoms with Crippen LogP contribution in [0.25, 0.3) is 0 Å². The molecule has 0 fully saturated rings. The van der Waals surface area contributed by atoms with Gasteiger partial charge >= 0.3 is 0 Å². The molecule has 0 amide bonds. The van der Waals surface area contributed by atoms with E-state index >= 15 is 0 Å². The number of aromatic nitrogens is 1. The molecule has 0 radical (unpaired) electrons. The third-order valence-electron chi connectivity index (χ3n) is 1.49. The molecule has 1 aromatic rings. The lowest BCUT2D eigenvalue weighted by Crippen LogP contribution is -2.42. The van der Waals surface area contributed by atoms with Crippen molar-refractivity contribution in [2.75, 3.05) is 0 Å². The van der Waals surface area contributed by atoms with Gasteiger partial charge < -0.3 is 5.73 Å². The molecule has 0 spiro atoms. The van der Waals surface area contributed by atoms with Gasteiger partial charge in [-0.2, -0.15) is 4.57 Å². The smallest absolute Gasteiger partial charge is 0.198 e. The second-order valence-corrected chi connectivity index (χ2v) is 2.96. The Bertz CT molecular complexity index is 271. The molecule has 2 nitrogen and oxygen atoms in total. The number of hydrogen-bond donors (Lipinski definition) is 1. The normalized spacial score (nSPS) is 9.55. The highest BCUT2D eigenvalue weighted by atomic mass is 32.1. The lowest BCUT2D eigenvalue weighted by atomic mass is 10.3. The summed E-state index contributed by atoms with van der Waals surface area (Å²) in [6, 6.07) is 5.98. The van der Waals surface area contributed by atoms with Crippen LogP contribution in [0.2, 0.25) is 0 Å². The number of rotatable bonds is 2. The second kappa shape index (κ2) is 3.44. The maximum atomic E-state index is 5.40. The number of nitrogens with two attached hydrogens (primary N) is 1. The molecule has 0 aliphatic heterocycles. The van der Waals surface area contributed by atoms with Gasteiger partial charge in [0.1, 0.15) is 4.99 Å². The van der Waals surface area contributed by atoms with E-state index in [4.69, 9.17) is 18.0 Å². The molecule has 0 unspecified atom stereocenters. The summed E-state index contributed by atoms with van der Waals surface area (Å²) in [5, 5.41) is 0. The van der Waals surface area contributed by atoms with Crippen LogP contribution in [0.5, 0.6) is 0 Å². The first-order chi connectivity index (χ1) is 5.20. The monoisotopic (exact) mass is 167 g/mol. The predicted molar refractivity (Wildman–Crippen MR) is 48.2 cm³/mol. The Morgan fingerprint density at radius 3 is 2.91 bits per heavy atom. The Hall–Kier alpha value is -0.960. The highest BCUT2D eigenvalue weighted by molar-refractivity contribution is 7.80. The molecule has 1 rings (SSSR count). The molecule has 2 N–H and O–H groups in total. The highest BCUT2D eigenvalue weighted by Crippen LogP contribution is 1.86. The van der Waals surface area contributed by atoms with E-state index in [0.29, 0.717) is 11.5 Å². The maximum Gasteiger partial charge on any atom is 0.198 e. The first kappa shape index (κ1) is 8.14. The maximum absolute atomic E-state index is 5.40. The van der Waals surface area contributed by atoms with Crippen molar-refractivity contribution in [1.29, 1.82) is 0 Å². The van der Waals surface area contributed by atoms with Gasteiger partial charge in [0.15, 0.2) is 18.4 Å². The molecule has 11 heavy (non-hydrogen) atoms. The molecule has 1 heterocycles. The van der Waals surface area contributed by atoms with E-state index in [0.717, 1.165) is 0 Å². The molecule has 0 bridgehead atoms. The molecule has 0 saturated carbocycles. The zero-order chi connectivity index (χ0) is 8.27. The van der Waals surface area contributed by atoms with Crippen LogP contribution in [0.15, 0.2) is 24.4 Å². The van der Waals surface area contributed by atoms with Crippen molar-refractivity contribution < 1.29 is 4.57 Å². The van der Waals surface area contributed by atoms with Gasteiger partial charge in [0.05, 0.1) is 0 Å². The van der Waals surface area contributed by atoms with Crippen molar-refractivity contribution in [2.24, 2.45) is 5.73 Å². The minimum atomic E-state index is 0.518. The van der Waals surface area contributed by atoms with Gasteiger partial charge in [-0.15, -0.1) is 0 Å². The van der Waals surface area contributed by atoms with Gasteiger partial charge in [0, 0.05) is 19.1 Å². The second-order valence-electron chi connectivity index (χ2n) is 2.44. The molecule has 3 heteroatoms. The summed E-state index contributed by atoms with van der Waals surface area (Å²) in [5.74, 6) is 0. The molecule has 0 atom stereocenters. The van der Waals surface area contributed by atoms with Crippen LogP contribution in [0.1, 0.15) is 5.69 Å². The van der Waals surface area contributed by atoms with Gasteiger partial charge in [0.25, 0.3) is 0 Å². The van der Waals surface area contributed by atoms with Gasteiger partial charge in [0.2, 0.25) is 0 Å². The van der Waals surface area contributed by atoms with Crippen LogP contribution in [-0.2, 0) is 6.54 Å². The van der Waals surface area contributed by atoms with Crippen molar-refractivity contribution in [3.63, 3.8) is 0 Å². The number of thiocarbonyl (C=S) groups is 1. The average Bonchev–Trinajstić information content (AvgIpc) is 1.93. The minimum Gasteiger partial charge on any atom is -0.388 e. The Morgan fingerprint density at radius 2 is 2.36 bits per heavy atom. The van der Waals surface area contributed by atoms with Gasteiger partial charge in [-0.25, -0.2) is 0 Å². The fourth-order valence-electron chi connectivity index (χ4n) is 0.907. The molecule has 58 valence electrons. The summed E-state index contributed by atoms with van der Waals surface area (Å²) in [5.41, 5.74) is 6.57. The molecule has 0 aliphatic rings. The topological polar surface area (TPSA) is 29.9 Å². The van der Waals surface area contributed by atoms with Crippen molar-refractivity contribution in [2.45, 2.75) is 13.5 Å². The zero-order valence-corrected chi connectivity index (χ0v) is 7.27. The van der Waals surface area contributed by atoms with Crippen LogP contribution in [0, 0.1) is 6.92 Å². The largest absolute Gasteiger partial charge is 0.388 e. The molecule has 1 aromatic heterocycles. The van der Waals surface area contributed by atoms with Crippen LogP contribution in [-0.4, -0.2) is 4.99 Å². The standard InChI is InChI=1S/C8H10N2S/c1-7-4-2-3-5-10(7)6-8(9)11/h2-5H,6H2,1H3,(H-,9,11)/p+1. The molecule has 0 aliphatic carbocycles. The van der Waals surface area contributed by atoms with Crippen LogP contribution in [0.3, 0.4) is 0 Å². The summed E-state index contributed by atoms with van der Waals surface area (Å²) in [7, 11) is 0. The molecular formula is C8H11N2S+. The number of hydrogen-bond acceptors (Lipinski definition) is 1. The molecular weight excluding hydrogens is 156 g/mol. The summed E-state index contributed by atoms with van der Waals surface area (Å²) >= 11 is 4.79. The van der Waals surface area contributed by atoms with Crippen molar-refractivity contribution in [3.05, 3.63) is 30.1 Å². The summed E-state index contributed by atoms with van der Waals surface area (Å²) < 4.78 is 2.02. The summed E-state index contributed by atoms with van der Waals surface area (Å²) in [4.78, 5) is 0.518. The van der Waals surface area contributed by atoms with Crippen LogP contribution in [0.4, 0.5) is 0 Å².